The molecule has 0 spiro atoms. The average molecular weight is 324 g/mol. The summed E-state index contributed by atoms with van der Waals surface area (Å²) in [4.78, 5) is 11.8. The maximum Gasteiger partial charge on any atom is 0.208 e. The molecule has 0 atom stereocenters. The molecule has 0 bridgehead atoms. The van der Waals surface area contributed by atoms with Crippen molar-refractivity contribution in [2.24, 2.45) is 5.73 Å². The first-order valence-electron chi connectivity index (χ1n) is 8.08. The van der Waals surface area contributed by atoms with Crippen LogP contribution in [0.2, 0.25) is 15.1 Å². The number of hydrogen-bond acceptors (Lipinski definition) is 2. The highest BCUT2D eigenvalue weighted by Crippen LogP contribution is 2.61. The zero-order valence-electron chi connectivity index (χ0n) is 16.3. The first kappa shape index (κ1) is 21.2. The fourth-order valence-corrected chi connectivity index (χ4v) is 10.4. The Morgan fingerprint density at radius 1 is 0.864 bits per heavy atom. The lowest BCUT2D eigenvalue weighted by atomic mass is 10.1. The summed E-state index contributed by atoms with van der Waals surface area (Å²) < 4.78 is 0. The molecular weight excluding hydrogens is 286 g/mol. The highest BCUT2D eigenvalue weighted by molar-refractivity contribution is 6.81. The second-order valence-electron chi connectivity index (χ2n) is 9.06. The Labute approximate surface area is 139 Å². The minimum Gasteiger partial charge on any atom is -0.430 e. The third kappa shape index (κ3) is 4.36. The van der Waals surface area contributed by atoms with Gasteiger partial charge in [-0.05, 0) is 35.7 Å². The second-order valence-corrected chi connectivity index (χ2v) is 14.8. The fraction of sp³-hybridized carbons (Fsp3) is 0.684. The van der Waals surface area contributed by atoms with Crippen LogP contribution in [0.15, 0.2) is 35.6 Å². The van der Waals surface area contributed by atoms with Crippen LogP contribution < -0.4 is 5.73 Å². The van der Waals surface area contributed by atoms with Gasteiger partial charge in [-0.3, -0.25) is 0 Å². The van der Waals surface area contributed by atoms with Crippen molar-refractivity contribution >= 4 is 8.32 Å². The molecule has 0 saturated carbocycles. The molecule has 0 radical (unpaired) electrons. The molecule has 0 aromatic heterocycles. The van der Waals surface area contributed by atoms with Crippen LogP contribution in [-0.2, 0) is 0 Å². The average Bonchev–Trinajstić information content (AvgIpc) is 2.32. The van der Waals surface area contributed by atoms with E-state index >= 15 is 0 Å². The third-order valence-electron chi connectivity index (χ3n) is 4.58. The zero-order valence-corrected chi connectivity index (χ0v) is 17.3. The summed E-state index contributed by atoms with van der Waals surface area (Å²) in [7, 11) is -2.65. The van der Waals surface area contributed by atoms with Gasteiger partial charge in [0.15, 0.2) is 0 Å². The molecule has 0 saturated heterocycles. The molecule has 0 aliphatic carbocycles. The van der Waals surface area contributed by atoms with Crippen molar-refractivity contribution in [3.8, 4) is 0 Å². The molecule has 0 aliphatic heterocycles. The number of allylic oxidation sites excluding steroid dienone is 5. The van der Waals surface area contributed by atoms with Gasteiger partial charge in [-0.1, -0.05) is 79.2 Å². The number of rotatable bonds is 4. The van der Waals surface area contributed by atoms with Gasteiger partial charge in [0, 0.05) is 5.04 Å². The molecule has 3 N–H and O–H groups in total. The summed E-state index contributed by atoms with van der Waals surface area (Å²) in [6.07, 6.45) is 7.97. The lowest BCUT2D eigenvalue weighted by molar-refractivity contribution is 0.375. The van der Waals surface area contributed by atoms with E-state index in [0.717, 1.165) is 11.1 Å². The van der Waals surface area contributed by atoms with Crippen molar-refractivity contribution in [2.75, 3.05) is 0 Å². The normalized spacial score (nSPS) is 16.5. The molecule has 0 amide bonds. The topological polar surface area (TPSA) is 46.2 Å². The van der Waals surface area contributed by atoms with Crippen LogP contribution in [-0.4, -0.2) is 13.1 Å². The van der Waals surface area contributed by atoms with E-state index in [1.807, 2.05) is 6.92 Å². The lowest BCUT2D eigenvalue weighted by Crippen LogP contribution is -2.59. The number of nitrogens with two attached hydrogens (primary N) is 1. The maximum absolute atomic E-state index is 11.8. The fourth-order valence-electron chi connectivity index (χ4n) is 3.97. The van der Waals surface area contributed by atoms with E-state index in [0.29, 0.717) is 0 Å². The third-order valence-corrected chi connectivity index (χ3v) is 11.0. The quantitative estimate of drug-likeness (QED) is 0.517. The molecule has 0 aromatic rings. The van der Waals surface area contributed by atoms with Crippen LogP contribution in [0.1, 0.15) is 69.2 Å². The monoisotopic (exact) mass is 323 g/mol. The Morgan fingerprint density at radius 3 is 1.59 bits per heavy atom. The Morgan fingerprint density at radius 2 is 1.27 bits per heavy atom. The lowest BCUT2D eigenvalue weighted by Gasteiger charge is -2.55. The van der Waals surface area contributed by atoms with Gasteiger partial charge in [0.25, 0.3) is 0 Å². The van der Waals surface area contributed by atoms with Crippen LogP contribution in [0.25, 0.3) is 0 Å². The van der Waals surface area contributed by atoms with Gasteiger partial charge in [-0.2, -0.15) is 0 Å². The van der Waals surface area contributed by atoms with Gasteiger partial charge < -0.3 is 10.5 Å². The molecule has 2 nitrogen and oxygen atoms in total. The smallest absolute Gasteiger partial charge is 0.208 e. The molecular formula is C19H37NOSi. The van der Waals surface area contributed by atoms with Gasteiger partial charge >= 0.3 is 0 Å². The number of hydrogen-bond donors (Lipinski definition) is 2. The van der Waals surface area contributed by atoms with Crippen molar-refractivity contribution in [1.82, 2.24) is 0 Å². The molecule has 0 unspecified atom stereocenters. The molecule has 0 rings (SSSR count). The minimum absolute atomic E-state index is 0.107. The van der Waals surface area contributed by atoms with Crippen molar-refractivity contribution < 1.29 is 4.80 Å². The summed E-state index contributed by atoms with van der Waals surface area (Å²) in [5.41, 5.74) is 7.71. The minimum atomic E-state index is -2.65. The summed E-state index contributed by atoms with van der Waals surface area (Å²) in [5.74, 6) is 0. The van der Waals surface area contributed by atoms with Gasteiger partial charge in [0.1, 0.15) is 0 Å². The van der Waals surface area contributed by atoms with E-state index in [-0.39, 0.29) is 15.1 Å². The van der Waals surface area contributed by atoms with E-state index in [2.05, 4.69) is 80.5 Å². The zero-order chi connectivity index (χ0) is 18.0. The SMILES string of the molecule is CC(=C\N)/C=C(C)/C=C/C(C)(C)[Si](O)(C(C)(C)C)C(C)(C)C. The predicted octanol–water partition coefficient (Wildman–Crippen LogP) is 5.67. The van der Waals surface area contributed by atoms with E-state index < -0.39 is 8.32 Å². The van der Waals surface area contributed by atoms with E-state index in [9.17, 15) is 4.80 Å². The van der Waals surface area contributed by atoms with Crippen LogP contribution in [0, 0.1) is 0 Å². The first-order chi connectivity index (χ1) is 9.60. The van der Waals surface area contributed by atoms with Crippen LogP contribution in [0.4, 0.5) is 0 Å². The van der Waals surface area contributed by atoms with Gasteiger partial charge in [-0.25, -0.2) is 0 Å². The van der Waals surface area contributed by atoms with Gasteiger partial charge in [0.05, 0.1) is 0 Å². The summed E-state index contributed by atoms with van der Waals surface area (Å²) >= 11 is 0. The summed E-state index contributed by atoms with van der Waals surface area (Å²) in [6, 6.07) is 0. The van der Waals surface area contributed by atoms with Crippen molar-refractivity contribution in [3.63, 3.8) is 0 Å². The Balaban J connectivity index is 5.84. The second kappa shape index (κ2) is 6.75. The summed E-state index contributed by atoms with van der Waals surface area (Å²) in [5, 5.41) is -0.452. The first-order valence-corrected chi connectivity index (χ1v) is 10.0. The Hall–Kier alpha value is -0.803. The predicted molar refractivity (Wildman–Crippen MR) is 102 cm³/mol. The van der Waals surface area contributed by atoms with Crippen molar-refractivity contribution in [3.05, 3.63) is 35.6 Å². The Bertz CT molecular complexity index is 457. The molecule has 0 heterocycles. The molecule has 128 valence electrons. The van der Waals surface area contributed by atoms with E-state index in [1.54, 1.807) is 6.20 Å². The van der Waals surface area contributed by atoms with E-state index in [4.69, 9.17) is 5.73 Å². The van der Waals surface area contributed by atoms with Crippen LogP contribution in [0.5, 0.6) is 0 Å². The van der Waals surface area contributed by atoms with Crippen LogP contribution in [0.3, 0.4) is 0 Å². The van der Waals surface area contributed by atoms with Gasteiger partial charge in [0.2, 0.25) is 8.32 Å². The standard InChI is InChI=1S/C19H37NOSi/c1-15(13-16(2)14-20)11-12-19(9,10)22(21,17(3,4)5)18(6,7)8/h11-14,21H,20H2,1-10H3/b12-11+,15-13+,16-14+. The largest absolute Gasteiger partial charge is 0.430 e. The molecule has 3 heteroatoms. The molecule has 0 fully saturated rings. The highest BCUT2D eigenvalue weighted by Gasteiger charge is 2.60. The molecule has 0 aromatic carbocycles. The van der Waals surface area contributed by atoms with Crippen molar-refractivity contribution in [2.45, 2.75) is 84.4 Å². The molecule has 22 heavy (non-hydrogen) atoms. The van der Waals surface area contributed by atoms with E-state index in [1.165, 1.54) is 0 Å². The van der Waals surface area contributed by atoms with Crippen molar-refractivity contribution in [1.29, 1.82) is 0 Å². The van der Waals surface area contributed by atoms with Gasteiger partial charge in [-0.15, -0.1) is 0 Å². The summed E-state index contributed by atoms with van der Waals surface area (Å²) in [6.45, 7) is 21.4. The molecule has 0 aliphatic rings. The highest BCUT2D eigenvalue weighted by atomic mass is 28.4. The maximum atomic E-state index is 11.8. The Kier molecular flexibility index (Phi) is 6.51. The van der Waals surface area contributed by atoms with Crippen LogP contribution >= 0.6 is 0 Å².